The number of hydrogen-bond acceptors (Lipinski definition) is 3. The third kappa shape index (κ3) is 1.62. The Morgan fingerprint density at radius 2 is 2.17 bits per heavy atom. The monoisotopic (exact) mass is 241 g/mol. The number of nitrogens with two attached hydrogens (primary N) is 1. The van der Waals surface area contributed by atoms with Crippen LogP contribution in [-0.2, 0) is 12.8 Å². The number of benzene rings is 1. The molecule has 0 radical (unpaired) electrons. The third-order valence-corrected chi connectivity index (χ3v) is 4.19. The van der Waals surface area contributed by atoms with Gasteiger partial charge in [0.25, 0.3) is 0 Å². The fourth-order valence-electron chi connectivity index (χ4n) is 3.21. The lowest BCUT2D eigenvalue weighted by atomic mass is 9.77. The van der Waals surface area contributed by atoms with E-state index < -0.39 is 0 Å². The summed E-state index contributed by atoms with van der Waals surface area (Å²) in [7, 11) is 0. The first-order chi connectivity index (χ1) is 8.75. The molecule has 1 spiro atoms. The van der Waals surface area contributed by atoms with Gasteiger partial charge in [-0.25, -0.2) is 0 Å². The molecule has 1 aromatic rings. The molecule has 2 aliphatic rings. The summed E-state index contributed by atoms with van der Waals surface area (Å²) < 4.78 is 0. The van der Waals surface area contributed by atoms with E-state index in [0.29, 0.717) is 5.96 Å². The number of rotatable bonds is 2. The number of guanidine groups is 1. The molecule has 2 N–H and O–H groups in total. The molecule has 3 rings (SSSR count). The summed E-state index contributed by atoms with van der Waals surface area (Å²) in [5, 5.41) is 0. The largest absolute Gasteiger partial charge is 0.370 e. The highest BCUT2D eigenvalue weighted by Crippen LogP contribution is 2.36. The standard InChI is InChI=1S/C15H19N3/c1-2-9-18-14(16)17-11-15(18)8-7-12-5-3-4-6-13(12)10-15/h2-6H,1,7-11H2,(H2,16,17). The molecule has 1 aromatic carbocycles. The lowest BCUT2D eigenvalue weighted by Crippen LogP contribution is -2.54. The van der Waals surface area contributed by atoms with Crippen LogP contribution in [0.5, 0.6) is 0 Å². The lowest BCUT2D eigenvalue weighted by molar-refractivity contribution is 0.191. The van der Waals surface area contributed by atoms with E-state index in [1.165, 1.54) is 11.1 Å². The van der Waals surface area contributed by atoms with Crippen molar-refractivity contribution in [3.63, 3.8) is 0 Å². The van der Waals surface area contributed by atoms with Gasteiger partial charge in [-0.3, -0.25) is 4.99 Å². The summed E-state index contributed by atoms with van der Waals surface area (Å²) in [4.78, 5) is 6.69. The van der Waals surface area contributed by atoms with Crippen molar-refractivity contribution in [3.05, 3.63) is 48.0 Å². The zero-order valence-electron chi connectivity index (χ0n) is 10.6. The third-order valence-electron chi connectivity index (χ3n) is 4.19. The summed E-state index contributed by atoms with van der Waals surface area (Å²) in [6.07, 6.45) is 5.20. The van der Waals surface area contributed by atoms with Crippen molar-refractivity contribution in [1.82, 2.24) is 4.90 Å². The fraction of sp³-hybridized carbons (Fsp3) is 0.400. The van der Waals surface area contributed by atoms with E-state index in [2.05, 4.69) is 40.7 Å². The first-order valence-corrected chi connectivity index (χ1v) is 6.50. The zero-order chi connectivity index (χ0) is 12.6. The van der Waals surface area contributed by atoms with Gasteiger partial charge in [-0.2, -0.15) is 0 Å². The van der Waals surface area contributed by atoms with Crippen LogP contribution in [0.3, 0.4) is 0 Å². The van der Waals surface area contributed by atoms with Crippen LogP contribution in [0.1, 0.15) is 17.5 Å². The van der Waals surface area contributed by atoms with Gasteiger partial charge in [-0.05, 0) is 30.4 Å². The summed E-state index contributed by atoms with van der Waals surface area (Å²) in [6, 6.07) is 8.71. The highest BCUT2D eigenvalue weighted by atomic mass is 15.4. The molecule has 0 bridgehead atoms. The SMILES string of the molecule is C=CCN1C(N)=NCC12CCc1ccccc1C2. The average Bonchev–Trinajstić information content (AvgIpc) is 2.69. The average molecular weight is 241 g/mol. The number of aryl methyl sites for hydroxylation is 1. The van der Waals surface area contributed by atoms with Crippen molar-refractivity contribution in [2.75, 3.05) is 13.1 Å². The summed E-state index contributed by atoms with van der Waals surface area (Å²) in [5.74, 6) is 0.675. The summed E-state index contributed by atoms with van der Waals surface area (Å²) in [5.41, 5.74) is 9.03. The molecule has 1 heterocycles. The number of aliphatic imine (C=N–C) groups is 1. The van der Waals surface area contributed by atoms with Crippen LogP contribution in [0.2, 0.25) is 0 Å². The highest BCUT2D eigenvalue weighted by Gasteiger charge is 2.43. The Labute approximate surface area is 108 Å². The van der Waals surface area contributed by atoms with Gasteiger partial charge < -0.3 is 10.6 Å². The Bertz CT molecular complexity index is 506. The van der Waals surface area contributed by atoms with Gasteiger partial charge in [0.1, 0.15) is 0 Å². The normalized spacial score (nSPS) is 26.0. The molecule has 0 aromatic heterocycles. The van der Waals surface area contributed by atoms with Crippen LogP contribution in [-0.4, -0.2) is 29.5 Å². The Balaban J connectivity index is 1.92. The summed E-state index contributed by atoms with van der Waals surface area (Å²) >= 11 is 0. The summed E-state index contributed by atoms with van der Waals surface area (Å²) in [6.45, 7) is 5.44. The molecule has 3 nitrogen and oxygen atoms in total. The van der Waals surface area contributed by atoms with E-state index in [0.717, 1.165) is 32.4 Å². The van der Waals surface area contributed by atoms with Crippen LogP contribution >= 0.6 is 0 Å². The van der Waals surface area contributed by atoms with E-state index >= 15 is 0 Å². The molecule has 1 unspecified atom stereocenters. The maximum atomic E-state index is 6.02. The van der Waals surface area contributed by atoms with Crippen molar-refractivity contribution in [1.29, 1.82) is 0 Å². The van der Waals surface area contributed by atoms with Crippen LogP contribution in [0.25, 0.3) is 0 Å². The molecule has 1 aliphatic carbocycles. The minimum Gasteiger partial charge on any atom is -0.370 e. The van der Waals surface area contributed by atoms with E-state index in [-0.39, 0.29) is 5.54 Å². The minimum absolute atomic E-state index is 0.0899. The number of nitrogens with zero attached hydrogens (tertiary/aromatic N) is 2. The maximum absolute atomic E-state index is 6.02. The predicted molar refractivity (Wildman–Crippen MR) is 74.6 cm³/mol. The van der Waals surface area contributed by atoms with Crippen LogP contribution in [0.4, 0.5) is 0 Å². The van der Waals surface area contributed by atoms with Crippen LogP contribution in [0, 0.1) is 0 Å². The van der Waals surface area contributed by atoms with Gasteiger partial charge in [-0.1, -0.05) is 30.3 Å². The van der Waals surface area contributed by atoms with E-state index in [1.807, 2.05) is 6.08 Å². The van der Waals surface area contributed by atoms with Crippen LogP contribution < -0.4 is 5.73 Å². The Morgan fingerprint density at radius 3 is 2.94 bits per heavy atom. The lowest BCUT2D eigenvalue weighted by Gasteiger charge is -2.42. The van der Waals surface area contributed by atoms with Gasteiger partial charge in [0, 0.05) is 6.54 Å². The number of fused-ring (bicyclic) bond motifs is 1. The molecule has 1 aliphatic heterocycles. The molecular formula is C15H19N3. The minimum atomic E-state index is 0.0899. The number of hydrogen-bond donors (Lipinski definition) is 1. The molecule has 1 atom stereocenters. The highest BCUT2D eigenvalue weighted by molar-refractivity contribution is 5.81. The van der Waals surface area contributed by atoms with Gasteiger partial charge in [-0.15, -0.1) is 6.58 Å². The van der Waals surface area contributed by atoms with Gasteiger partial charge in [0.15, 0.2) is 5.96 Å². The van der Waals surface area contributed by atoms with E-state index in [9.17, 15) is 0 Å². The molecule has 0 amide bonds. The predicted octanol–water partition coefficient (Wildman–Crippen LogP) is 1.73. The molecular weight excluding hydrogens is 222 g/mol. The zero-order valence-corrected chi connectivity index (χ0v) is 10.6. The second-order valence-electron chi connectivity index (χ2n) is 5.24. The molecule has 94 valence electrons. The van der Waals surface area contributed by atoms with Crippen molar-refractivity contribution in [2.24, 2.45) is 10.7 Å². The van der Waals surface area contributed by atoms with Gasteiger partial charge in [0.2, 0.25) is 0 Å². The fourth-order valence-corrected chi connectivity index (χ4v) is 3.21. The second kappa shape index (κ2) is 4.16. The van der Waals surface area contributed by atoms with Crippen molar-refractivity contribution in [2.45, 2.75) is 24.8 Å². The second-order valence-corrected chi connectivity index (χ2v) is 5.24. The van der Waals surface area contributed by atoms with Crippen LogP contribution in [0.15, 0.2) is 41.9 Å². The molecule has 0 fully saturated rings. The van der Waals surface area contributed by atoms with Gasteiger partial charge >= 0.3 is 0 Å². The van der Waals surface area contributed by atoms with Gasteiger partial charge in [0.05, 0.1) is 12.1 Å². The molecule has 0 saturated carbocycles. The molecule has 18 heavy (non-hydrogen) atoms. The van der Waals surface area contributed by atoms with E-state index in [4.69, 9.17) is 5.73 Å². The Hall–Kier alpha value is -1.77. The quantitative estimate of drug-likeness (QED) is 0.801. The first kappa shape index (κ1) is 11.3. The Kier molecular flexibility index (Phi) is 2.62. The maximum Gasteiger partial charge on any atom is 0.192 e. The Morgan fingerprint density at radius 1 is 1.39 bits per heavy atom. The van der Waals surface area contributed by atoms with E-state index in [1.54, 1.807) is 0 Å². The topological polar surface area (TPSA) is 41.6 Å². The molecule has 3 heteroatoms. The van der Waals surface area contributed by atoms with Crippen molar-refractivity contribution in [3.8, 4) is 0 Å². The first-order valence-electron chi connectivity index (χ1n) is 6.50. The van der Waals surface area contributed by atoms with Crippen molar-refractivity contribution < 1.29 is 0 Å². The van der Waals surface area contributed by atoms with Crippen molar-refractivity contribution >= 4 is 5.96 Å². The smallest absolute Gasteiger partial charge is 0.192 e. The molecule has 0 saturated heterocycles.